The second kappa shape index (κ2) is 9.28. The van der Waals surface area contributed by atoms with Crippen molar-refractivity contribution in [3.63, 3.8) is 0 Å². The van der Waals surface area contributed by atoms with E-state index in [0.717, 1.165) is 30.3 Å². The van der Waals surface area contributed by atoms with Crippen molar-refractivity contribution in [1.29, 1.82) is 0 Å². The molecule has 0 atom stereocenters. The van der Waals surface area contributed by atoms with E-state index in [1.807, 2.05) is 47.0 Å². The molecule has 0 aliphatic carbocycles. The maximum absolute atomic E-state index is 12.2. The molecule has 1 aromatic carbocycles. The van der Waals surface area contributed by atoms with Crippen LogP contribution in [-0.2, 0) is 16.1 Å². The normalized spacial score (nSPS) is 14.1. The molecule has 1 aliphatic heterocycles. The van der Waals surface area contributed by atoms with Crippen LogP contribution in [0.4, 0.5) is 5.69 Å². The Balaban J connectivity index is 1.41. The van der Waals surface area contributed by atoms with Crippen LogP contribution in [-0.4, -0.2) is 57.7 Å². The van der Waals surface area contributed by atoms with Gasteiger partial charge in [0.05, 0.1) is 24.9 Å². The number of ether oxygens (including phenoxy) is 1. The Bertz CT molecular complexity index is 729. The van der Waals surface area contributed by atoms with E-state index in [4.69, 9.17) is 4.74 Å². The summed E-state index contributed by atoms with van der Waals surface area (Å²) < 4.78 is 7.06. The van der Waals surface area contributed by atoms with Gasteiger partial charge in [0.2, 0.25) is 11.8 Å². The molecule has 0 bridgehead atoms. The van der Waals surface area contributed by atoms with Crippen molar-refractivity contribution in [3.05, 3.63) is 42.7 Å². The number of anilines is 1. The molecule has 1 saturated heterocycles. The predicted molar refractivity (Wildman–Crippen MR) is 101 cm³/mol. The zero-order chi connectivity index (χ0) is 18.2. The fourth-order valence-electron chi connectivity index (χ4n) is 2.57. The molecule has 2 heterocycles. The minimum atomic E-state index is -0.153. The van der Waals surface area contributed by atoms with E-state index in [1.165, 1.54) is 0 Å². The number of nitrogens with one attached hydrogen (secondary N) is 1. The van der Waals surface area contributed by atoms with Gasteiger partial charge in [0, 0.05) is 30.8 Å². The summed E-state index contributed by atoms with van der Waals surface area (Å²) in [6, 6.07) is 9.37. The average molecular weight is 374 g/mol. The first-order chi connectivity index (χ1) is 12.7. The third-order valence-corrected chi connectivity index (χ3v) is 4.86. The zero-order valence-corrected chi connectivity index (χ0v) is 15.3. The van der Waals surface area contributed by atoms with Gasteiger partial charge in [0.25, 0.3) is 0 Å². The molecule has 1 fully saturated rings. The Morgan fingerprint density at radius 2 is 1.96 bits per heavy atom. The second-order valence-electron chi connectivity index (χ2n) is 5.88. The standard InChI is InChI=1S/C18H22N4O3S/c23-17(6-9-25-16-4-2-1-3-5-16)20-15-12-19-22(13-15)14-18(24)21-7-10-26-11-8-21/h1-5,12-13H,6-11,14H2,(H,20,23). The molecule has 1 N–H and O–H groups in total. The Labute approximate surface area is 156 Å². The first-order valence-electron chi connectivity index (χ1n) is 8.56. The fourth-order valence-corrected chi connectivity index (χ4v) is 3.47. The number of carbonyl (C=O) groups is 2. The van der Waals surface area contributed by atoms with Gasteiger partial charge in [-0.3, -0.25) is 14.3 Å². The minimum absolute atomic E-state index is 0.0579. The smallest absolute Gasteiger partial charge is 0.244 e. The van der Waals surface area contributed by atoms with Crippen molar-refractivity contribution in [3.8, 4) is 5.75 Å². The molecular formula is C18H22N4O3S. The number of thioether (sulfide) groups is 1. The van der Waals surface area contributed by atoms with Crippen molar-refractivity contribution < 1.29 is 14.3 Å². The maximum Gasteiger partial charge on any atom is 0.244 e. The summed E-state index contributed by atoms with van der Waals surface area (Å²) in [6.07, 6.45) is 3.46. The Hall–Kier alpha value is -2.48. The summed E-state index contributed by atoms with van der Waals surface area (Å²) >= 11 is 1.86. The Morgan fingerprint density at radius 3 is 2.73 bits per heavy atom. The van der Waals surface area contributed by atoms with Crippen LogP contribution in [0, 0.1) is 0 Å². The van der Waals surface area contributed by atoms with Crippen LogP contribution in [0.5, 0.6) is 5.75 Å². The molecule has 26 heavy (non-hydrogen) atoms. The van der Waals surface area contributed by atoms with Crippen LogP contribution in [0.15, 0.2) is 42.7 Å². The van der Waals surface area contributed by atoms with E-state index < -0.39 is 0 Å². The van der Waals surface area contributed by atoms with Gasteiger partial charge in [0.1, 0.15) is 12.3 Å². The van der Waals surface area contributed by atoms with Gasteiger partial charge in [-0.2, -0.15) is 16.9 Å². The highest BCUT2D eigenvalue weighted by Crippen LogP contribution is 2.11. The summed E-state index contributed by atoms with van der Waals surface area (Å²) in [4.78, 5) is 26.1. The highest BCUT2D eigenvalue weighted by molar-refractivity contribution is 7.99. The summed E-state index contributed by atoms with van der Waals surface area (Å²) in [5.41, 5.74) is 0.580. The van der Waals surface area contributed by atoms with Crippen LogP contribution < -0.4 is 10.1 Å². The van der Waals surface area contributed by atoms with Crippen molar-refractivity contribution in [2.24, 2.45) is 0 Å². The van der Waals surface area contributed by atoms with Crippen molar-refractivity contribution in [1.82, 2.24) is 14.7 Å². The molecule has 2 aromatic rings. The summed E-state index contributed by atoms with van der Waals surface area (Å²) in [6.45, 7) is 2.07. The van der Waals surface area contributed by atoms with Crippen LogP contribution in [0.2, 0.25) is 0 Å². The number of amides is 2. The van der Waals surface area contributed by atoms with E-state index >= 15 is 0 Å². The number of hydrogen-bond donors (Lipinski definition) is 1. The third-order valence-electron chi connectivity index (χ3n) is 3.92. The van der Waals surface area contributed by atoms with Gasteiger partial charge in [-0.1, -0.05) is 18.2 Å². The topological polar surface area (TPSA) is 76.5 Å². The quantitative estimate of drug-likeness (QED) is 0.801. The first kappa shape index (κ1) is 18.3. The molecule has 1 aliphatic rings. The van der Waals surface area contributed by atoms with Crippen molar-refractivity contribution in [2.75, 3.05) is 36.5 Å². The fraction of sp³-hybridized carbons (Fsp3) is 0.389. The minimum Gasteiger partial charge on any atom is -0.493 e. The molecule has 0 saturated carbocycles. The lowest BCUT2D eigenvalue weighted by molar-refractivity contribution is -0.131. The Kier molecular flexibility index (Phi) is 6.54. The van der Waals surface area contributed by atoms with Crippen LogP contribution in [0.25, 0.3) is 0 Å². The number of para-hydroxylation sites is 1. The summed E-state index contributed by atoms with van der Waals surface area (Å²) in [7, 11) is 0. The summed E-state index contributed by atoms with van der Waals surface area (Å²) in [5.74, 6) is 2.61. The largest absolute Gasteiger partial charge is 0.493 e. The van der Waals surface area contributed by atoms with E-state index in [2.05, 4.69) is 10.4 Å². The van der Waals surface area contributed by atoms with E-state index in [1.54, 1.807) is 17.1 Å². The molecule has 2 amide bonds. The Morgan fingerprint density at radius 1 is 1.19 bits per heavy atom. The lowest BCUT2D eigenvalue weighted by Crippen LogP contribution is -2.39. The number of hydrogen-bond acceptors (Lipinski definition) is 5. The van der Waals surface area contributed by atoms with Gasteiger partial charge in [-0.15, -0.1) is 0 Å². The number of aromatic nitrogens is 2. The molecular weight excluding hydrogens is 352 g/mol. The second-order valence-corrected chi connectivity index (χ2v) is 7.10. The molecule has 3 rings (SSSR count). The highest BCUT2D eigenvalue weighted by Gasteiger charge is 2.17. The monoisotopic (exact) mass is 374 g/mol. The maximum atomic E-state index is 12.2. The van der Waals surface area contributed by atoms with Gasteiger partial charge < -0.3 is 15.0 Å². The highest BCUT2D eigenvalue weighted by atomic mass is 32.2. The van der Waals surface area contributed by atoms with Crippen LogP contribution in [0.3, 0.4) is 0 Å². The zero-order valence-electron chi connectivity index (χ0n) is 14.5. The van der Waals surface area contributed by atoms with E-state index in [-0.39, 0.29) is 24.8 Å². The SMILES string of the molecule is O=C(CCOc1ccccc1)Nc1cnn(CC(=O)N2CCSCC2)c1. The number of carbonyl (C=O) groups excluding carboxylic acids is 2. The van der Waals surface area contributed by atoms with E-state index in [0.29, 0.717) is 12.3 Å². The molecule has 7 nitrogen and oxygen atoms in total. The van der Waals surface area contributed by atoms with Crippen molar-refractivity contribution >= 4 is 29.3 Å². The van der Waals surface area contributed by atoms with Gasteiger partial charge in [0.15, 0.2) is 0 Å². The molecule has 0 spiro atoms. The predicted octanol–water partition coefficient (Wildman–Crippen LogP) is 1.87. The number of rotatable bonds is 7. The van der Waals surface area contributed by atoms with E-state index in [9.17, 15) is 9.59 Å². The summed E-state index contributed by atoms with van der Waals surface area (Å²) in [5, 5.41) is 6.92. The molecule has 0 radical (unpaired) electrons. The first-order valence-corrected chi connectivity index (χ1v) is 9.72. The third kappa shape index (κ3) is 5.52. The van der Waals surface area contributed by atoms with Crippen LogP contribution >= 0.6 is 11.8 Å². The lowest BCUT2D eigenvalue weighted by Gasteiger charge is -2.26. The number of benzene rings is 1. The van der Waals surface area contributed by atoms with Gasteiger partial charge in [-0.05, 0) is 12.1 Å². The molecule has 138 valence electrons. The lowest BCUT2D eigenvalue weighted by atomic mass is 10.3. The average Bonchev–Trinajstić information content (AvgIpc) is 3.10. The number of nitrogens with zero attached hydrogens (tertiary/aromatic N) is 3. The van der Waals surface area contributed by atoms with Crippen molar-refractivity contribution in [2.45, 2.75) is 13.0 Å². The molecule has 8 heteroatoms. The molecule has 0 unspecified atom stereocenters. The van der Waals surface area contributed by atoms with Gasteiger partial charge >= 0.3 is 0 Å². The van der Waals surface area contributed by atoms with Crippen LogP contribution in [0.1, 0.15) is 6.42 Å². The molecule has 1 aromatic heterocycles. The van der Waals surface area contributed by atoms with Gasteiger partial charge in [-0.25, -0.2) is 0 Å².